The van der Waals surface area contributed by atoms with Crippen LogP contribution in [-0.4, -0.2) is 40.0 Å². The standard InChI is InChI=1S/C24H28N4O2S/c1-29-21-12-19-10-11-26(15-20(19)13-22(21)30-2)16-28-24(31)27(23(25-28)18-8-9-18)14-17-6-4-3-5-7-17/h3-7,12-13,18H,8-11,14-16H2,1-2H3. The third kappa shape index (κ3) is 4.12. The lowest BCUT2D eigenvalue weighted by Crippen LogP contribution is -2.33. The fraction of sp³-hybridized carbons (Fsp3) is 0.417. The summed E-state index contributed by atoms with van der Waals surface area (Å²) in [7, 11) is 3.37. The number of fused-ring (bicyclic) bond motifs is 1. The highest BCUT2D eigenvalue weighted by molar-refractivity contribution is 7.71. The lowest BCUT2D eigenvalue weighted by molar-refractivity contribution is 0.187. The van der Waals surface area contributed by atoms with Gasteiger partial charge in [-0.3, -0.25) is 9.47 Å². The van der Waals surface area contributed by atoms with Crippen LogP contribution in [0.2, 0.25) is 0 Å². The molecule has 0 unspecified atom stereocenters. The zero-order valence-electron chi connectivity index (χ0n) is 18.1. The van der Waals surface area contributed by atoms with Crippen molar-refractivity contribution in [3.05, 3.63) is 69.8 Å². The van der Waals surface area contributed by atoms with Gasteiger partial charge < -0.3 is 9.47 Å². The van der Waals surface area contributed by atoms with E-state index in [2.05, 4.69) is 45.9 Å². The SMILES string of the molecule is COc1cc2c(cc1OC)CN(Cn1nc(C3CC3)n(Cc3ccccc3)c1=S)CC2. The van der Waals surface area contributed by atoms with Crippen molar-refractivity contribution in [2.24, 2.45) is 0 Å². The summed E-state index contributed by atoms with van der Waals surface area (Å²) in [4.78, 5) is 2.40. The van der Waals surface area contributed by atoms with E-state index < -0.39 is 0 Å². The average molecular weight is 437 g/mol. The van der Waals surface area contributed by atoms with Crippen LogP contribution in [-0.2, 0) is 26.2 Å². The quantitative estimate of drug-likeness (QED) is 0.515. The van der Waals surface area contributed by atoms with Crippen LogP contribution in [0.15, 0.2) is 42.5 Å². The molecule has 7 heteroatoms. The summed E-state index contributed by atoms with van der Waals surface area (Å²) < 4.78 is 16.0. The van der Waals surface area contributed by atoms with E-state index in [1.165, 1.54) is 29.5 Å². The number of rotatable bonds is 7. The van der Waals surface area contributed by atoms with Gasteiger partial charge >= 0.3 is 0 Å². The summed E-state index contributed by atoms with van der Waals surface area (Å²) in [6, 6.07) is 14.7. The van der Waals surface area contributed by atoms with Crippen LogP contribution in [0, 0.1) is 4.77 Å². The van der Waals surface area contributed by atoms with Gasteiger partial charge in [0.1, 0.15) is 5.82 Å². The molecule has 0 N–H and O–H groups in total. The Labute approximate surface area is 188 Å². The molecule has 0 radical (unpaired) electrons. The van der Waals surface area contributed by atoms with E-state index >= 15 is 0 Å². The first kappa shape index (κ1) is 20.3. The minimum Gasteiger partial charge on any atom is -0.493 e. The van der Waals surface area contributed by atoms with Crippen molar-refractivity contribution < 1.29 is 9.47 Å². The van der Waals surface area contributed by atoms with Crippen molar-refractivity contribution in [3.8, 4) is 11.5 Å². The van der Waals surface area contributed by atoms with Crippen LogP contribution in [0.5, 0.6) is 11.5 Å². The first-order chi connectivity index (χ1) is 15.2. The topological polar surface area (TPSA) is 44.5 Å². The van der Waals surface area contributed by atoms with E-state index in [0.717, 1.165) is 48.1 Å². The van der Waals surface area contributed by atoms with Crippen LogP contribution in [0.1, 0.15) is 41.3 Å². The molecule has 2 heterocycles. The molecule has 1 aromatic heterocycles. The molecule has 0 bridgehead atoms. The minimum absolute atomic E-state index is 0.547. The Bertz CT molecular complexity index is 1130. The number of aromatic nitrogens is 3. The second kappa shape index (κ2) is 8.48. The van der Waals surface area contributed by atoms with Crippen molar-refractivity contribution in [2.45, 2.75) is 44.9 Å². The third-order valence-electron chi connectivity index (χ3n) is 6.21. The molecule has 5 rings (SSSR count). The molecule has 0 saturated heterocycles. The highest BCUT2D eigenvalue weighted by atomic mass is 32.1. The van der Waals surface area contributed by atoms with Gasteiger partial charge in [0.15, 0.2) is 16.3 Å². The molecular weight excluding hydrogens is 408 g/mol. The Morgan fingerprint density at radius 2 is 1.74 bits per heavy atom. The summed E-state index contributed by atoms with van der Waals surface area (Å²) in [5.74, 6) is 3.26. The molecule has 1 aliphatic carbocycles. The number of methoxy groups -OCH3 is 2. The van der Waals surface area contributed by atoms with Crippen molar-refractivity contribution in [1.29, 1.82) is 0 Å². The maximum absolute atomic E-state index is 5.88. The summed E-state index contributed by atoms with van der Waals surface area (Å²) >= 11 is 5.88. The van der Waals surface area contributed by atoms with E-state index in [4.69, 9.17) is 26.8 Å². The van der Waals surface area contributed by atoms with Crippen molar-refractivity contribution >= 4 is 12.2 Å². The molecule has 0 atom stereocenters. The third-order valence-corrected chi connectivity index (χ3v) is 6.64. The van der Waals surface area contributed by atoms with Crippen LogP contribution in [0.3, 0.4) is 0 Å². The second-order valence-electron chi connectivity index (χ2n) is 8.41. The Morgan fingerprint density at radius 1 is 1.03 bits per heavy atom. The highest BCUT2D eigenvalue weighted by Gasteiger charge is 2.30. The molecule has 3 aromatic rings. The average Bonchev–Trinajstić information content (AvgIpc) is 3.60. The largest absolute Gasteiger partial charge is 0.493 e. The fourth-order valence-electron chi connectivity index (χ4n) is 4.36. The van der Waals surface area contributed by atoms with Crippen molar-refractivity contribution in [3.63, 3.8) is 0 Å². The molecule has 0 spiro atoms. The zero-order chi connectivity index (χ0) is 21.4. The number of hydrogen-bond donors (Lipinski definition) is 0. The van der Waals surface area contributed by atoms with E-state index in [-0.39, 0.29) is 0 Å². The lowest BCUT2D eigenvalue weighted by Gasteiger charge is -2.29. The summed E-state index contributed by atoms with van der Waals surface area (Å²) in [5.41, 5.74) is 3.86. The van der Waals surface area contributed by atoms with Gasteiger partial charge in [0, 0.05) is 19.0 Å². The summed E-state index contributed by atoms with van der Waals surface area (Å²) in [6.07, 6.45) is 3.39. The van der Waals surface area contributed by atoms with E-state index in [1.54, 1.807) is 14.2 Å². The monoisotopic (exact) mass is 436 g/mol. The Hall–Kier alpha value is -2.64. The van der Waals surface area contributed by atoms with Gasteiger partial charge in [0.2, 0.25) is 0 Å². The van der Waals surface area contributed by atoms with E-state index in [0.29, 0.717) is 12.6 Å². The Kier molecular flexibility index (Phi) is 5.54. The zero-order valence-corrected chi connectivity index (χ0v) is 18.9. The molecule has 162 valence electrons. The second-order valence-corrected chi connectivity index (χ2v) is 8.77. The van der Waals surface area contributed by atoms with Crippen LogP contribution >= 0.6 is 12.2 Å². The molecule has 2 aromatic carbocycles. The number of ether oxygens (including phenoxy) is 2. The van der Waals surface area contributed by atoms with Gasteiger partial charge in [0.05, 0.1) is 27.4 Å². The van der Waals surface area contributed by atoms with Gasteiger partial charge in [-0.2, -0.15) is 5.10 Å². The first-order valence-electron chi connectivity index (χ1n) is 10.8. The molecule has 1 aliphatic heterocycles. The minimum atomic E-state index is 0.547. The molecule has 1 saturated carbocycles. The summed E-state index contributed by atoms with van der Waals surface area (Å²) in [5, 5.41) is 4.97. The van der Waals surface area contributed by atoms with Crippen molar-refractivity contribution in [2.75, 3.05) is 20.8 Å². The van der Waals surface area contributed by atoms with Crippen molar-refractivity contribution in [1.82, 2.24) is 19.2 Å². The fourth-order valence-corrected chi connectivity index (χ4v) is 4.62. The molecule has 6 nitrogen and oxygen atoms in total. The van der Waals surface area contributed by atoms with E-state index in [9.17, 15) is 0 Å². The molecule has 1 fully saturated rings. The molecule has 0 amide bonds. The van der Waals surface area contributed by atoms with Gasteiger partial charge in [0.25, 0.3) is 0 Å². The molecule has 31 heavy (non-hydrogen) atoms. The number of hydrogen-bond acceptors (Lipinski definition) is 5. The smallest absolute Gasteiger partial charge is 0.199 e. The highest BCUT2D eigenvalue weighted by Crippen LogP contribution is 2.39. The lowest BCUT2D eigenvalue weighted by atomic mass is 9.99. The van der Waals surface area contributed by atoms with Gasteiger partial charge in [-0.1, -0.05) is 30.3 Å². The number of nitrogens with zero attached hydrogens (tertiary/aromatic N) is 4. The van der Waals surface area contributed by atoms with Gasteiger partial charge in [-0.25, -0.2) is 4.68 Å². The Morgan fingerprint density at radius 3 is 2.42 bits per heavy atom. The van der Waals surface area contributed by atoms with Crippen LogP contribution in [0.25, 0.3) is 0 Å². The predicted molar refractivity (Wildman–Crippen MR) is 122 cm³/mol. The Balaban J connectivity index is 1.38. The molecule has 2 aliphatic rings. The maximum atomic E-state index is 5.88. The number of benzene rings is 2. The van der Waals surface area contributed by atoms with Crippen LogP contribution < -0.4 is 9.47 Å². The normalized spacial score (nSPS) is 16.2. The van der Waals surface area contributed by atoms with E-state index in [1.807, 2.05) is 10.7 Å². The van der Waals surface area contributed by atoms with Gasteiger partial charge in [-0.15, -0.1) is 0 Å². The molecular formula is C24H28N4O2S. The predicted octanol–water partition coefficient (Wildman–Crippen LogP) is 4.37. The summed E-state index contributed by atoms with van der Waals surface area (Å²) in [6.45, 7) is 3.30. The maximum Gasteiger partial charge on any atom is 0.199 e. The van der Waals surface area contributed by atoms with Crippen LogP contribution in [0.4, 0.5) is 0 Å². The van der Waals surface area contributed by atoms with Gasteiger partial charge in [-0.05, 0) is 60.3 Å². The first-order valence-corrected chi connectivity index (χ1v) is 11.2.